The molecule has 0 aliphatic rings. The highest BCUT2D eigenvalue weighted by Gasteiger charge is 2.33. The first-order valence-corrected chi connectivity index (χ1v) is 6.31. The number of hydrogen-bond acceptors (Lipinski definition) is 2. The van der Waals surface area contributed by atoms with Crippen molar-refractivity contribution in [3.8, 4) is 0 Å². The molecule has 0 spiro atoms. The van der Waals surface area contributed by atoms with Crippen molar-refractivity contribution >= 4 is 27.9 Å². The lowest BCUT2D eigenvalue weighted by Gasteiger charge is -2.13. The number of alkyl halides is 3. The van der Waals surface area contributed by atoms with Gasteiger partial charge in [0.1, 0.15) is 0 Å². The van der Waals surface area contributed by atoms with Crippen LogP contribution < -0.4 is 5.73 Å². The lowest BCUT2D eigenvalue weighted by molar-refractivity contribution is -0.138. The molecule has 0 saturated carbocycles. The fourth-order valence-electron chi connectivity index (χ4n) is 1.70. The zero-order valence-corrected chi connectivity index (χ0v) is 10.7. The molecule has 0 saturated heterocycles. The Morgan fingerprint density at radius 1 is 1.28 bits per heavy atom. The second kappa shape index (κ2) is 4.82. The highest BCUT2D eigenvalue weighted by molar-refractivity contribution is 7.14. The van der Waals surface area contributed by atoms with Crippen LogP contribution in [0.5, 0.6) is 0 Å². The maximum absolute atomic E-state index is 12.9. The molecule has 0 bridgehead atoms. The average Bonchev–Trinajstić information content (AvgIpc) is 2.65. The van der Waals surface area contributed by atoms with Crippen LogP contribution in [0.3, 0.4) is 0 Å². The van der Waals surface area contributed by atoms with Crippen molar-refractivity contribution < 1.29 is 13.2 Å². The molecule has 2 aromatic rings. The zero-order chi connectivity index (χ0) is 13.3. The molecule has 18 heavy (non-hydrogen) atoms. The summed E-state index contributed by atoms with van der Waals surface area (Å²) in [6, 6.07) is 5.46. The summed E-state index contributed by atoms with van der Waals surface area (Å²) in [5.41, 5.74) is 5.68. The van der Waals surface area contributed by atoms with Crippen LogP contribution in [0.1, 0.15) is 16.7 Å². The van der Waals surface area contributed by atoms with Gasteiger partial charge in [0.15, 0.2) is 0 Å². The minimum atomic E-state index is -4.40. The van der Waals surface area contributed by atoms with Gasteiger partial charge in [0.25, 0.3) is 0 Å². The number of anilines is 1. The number of rotatable bonds is 2. The van der Waals surface area contributed by atoms with Gasteiger partial charge in [0.05, 0.1) is 10.6 Å². The predicted molar refractivity (Wildman–Crippen MR) is 68.0 cm³/mol. The zero-order valence-electron chi connectivity index (χ0n) is 9.09. The van der Waals surface area contributed by atoms with Crippen LogP contribution >= 0.6 is 22.9 Å². The van der Waals surface area contributed by atoms with Gasteiger partial charge < -0.3 is 5.73 Å². The fraction of sp³-hybridized carbons (Fsp3) is 0.167. The fourth-order valence-corrected chi connectivity index (χ4v) is 2.59. The van der Waals surface area contributed by atoms with Crippen molar-refractivity contribution in [2.75, 3.05) is 5.73 Å². The van der Waals surface area contributed by atoms with E-state index in [4.69, 9.17) is 17.3 Å². The van der Waals surface area contributed by atoms with Crippen molar-refractivity contribution in [2.45, 2.75) is 12.6 Å². The summed E-state index contributed by atoms with van der Waals surface area (Å²) in [6.07, 6.45) is -4.27. The lowest BCUT2D eigenvalue weighted by Crippen LogP contribution is -2.09. The number of benzene rings is 1. The maximum atomic E-state index is 12.9. The Hall–Kier alpha value is -1.20. The summed E-state index contributed by atoms with van der Waals surface area (Å²) < 4.78 is 38.6. The van der Waals surface area contributed by atoms with Crippen LogP contribution in [0.4, 0.5) is 18.2 Å². The molecular weight excluding hydrogens is 283 g/mol. The van der Waals surface area contributed by atoms with E-state index in [9.17, 15) is 13.2 Å². The molecule has 2 N–H and O–H groups in total. The quantitative estimate of drug-likeness (QED) is 0.860. The maximum Gasteiger partial charge on any atom is 0.416 e. The normalized spacial score (nSPS) is 11.8. The summed E-state index contributed by atoms with van der Waals surface area (Å²) in [7, 11) is 0. The first kappa shape index (κ1) is 13.2. The van der Waals surface area contributed by atoms with E-state index in [-0.39, 0.29) is 17.0 Å². The first-order chi connectivity index (χ1) is 8.38. The SMILES string of the molecule is Nc1cc(Cc2c(Cl)cccc2C(F)(F)F)cs1. The van der Waals surface area contributed by atoms with Crippen LogP contribution in [0.15, 0.2) is 29.6 Å². The lowest BCUT2D eigenvalue weighted by atomic mass is 10.0. The number of halogens is 4. The molecule has 0 radical (unpaired) electrons. The minimum Gasteiger partial charge on any atom is -0.391 e. The van der Waals surface area contributed by atoms with Crippen LogP contribution in [-0.4, -0.2) is 0 Å². The first-order valence-electron chi connectivity index (χ1n) is 5.05. The van der Waals surface area contributed by atoms with Gasteiger partial charge in [-0.1, -0.05) is 17.7 Å². The Bertz CT molecular complexity index is 563. The Morgan fingerprint density at radius 3 is 2.56 bits per heavy atom. The van der Waals surface area contributed by atoms with Crippen LogP contribution in [0, 0.1) is 0 Å². The van der Waals surface area contributed by atoms with Gasteiger partial charge in [-0.2, -0.15) is 13.2 Å². The van der Waals surface area contributed by atoms with E-state index in [1.807, 2.05) is 0 Å². The minimum absolute atomic E-state index is 0.0875. The van der Waals surface area contributed by atoms with Crippen molar-refractivity contribution in [3.63, 3.8) is 0 Å². The number of hydrogen-bond donors (Lipinski definition) is 1. The number of thiophene rings is 1. The smallest absolute Gasteiger partial charge is 0.391 e. The van der Waals surface area contributed by atoms with Gasteiger partial charge in [-0.15, -0.1) is 11.3 Å². The van der Waals surface area contributed by atoms with E-state index in [1.54, 1.807) is 11.4 Å². The van der Waals surface area contributed by atoms with E-state index in [0.29, 0.717) is 5.00 Å². The summed E-state index contributed by atoms with van der Waals surface area (Å²) in [4.78, 5) is 0. The van der Waals surface area contributed by atoms with Gasteiger partial charge >= 0.3 is 6.18 Å². The number of nitrogens with two attached hydrogens (primary N) is 1. The molecule has 2 rings (SSSR count). The highest BCUT2D eigenvalue weighted by Crippen LogP contribution is 2.36. The van der Waals surface area contributed by atoms with E-state index in [2.05, 4.69) is 0 Å². The Morgan fingerprint density at radius 2 is 2.00 bits per heavy atom. The highest BCUT2D eigenvalue weighted by atomic mass is 35.5. The molecule has 0 amide bonds. The standard InChI is InChI=1S/C12H9ClF3NS/c13-10-3-1-2-9(12(14,15)16)8(10)4-7-5-11(17)18-6-7/h1-3,5-6H,4,17H2. The third-order valence-corrected chi connectivity index (χ3v) is 3.64. The monoisotopic (exact) mass is 291 g/mol. The largest absolute Gasteiger partial charge is 0.416 e. The number of nitrogen functional groups attached to an aromatic ring is 1. The van der Waals surface area contributed by atoms with E-state index >= 15 is 0 Å². The van der Waals surface area contributed by atoms with Crippen LogP contribution in [0.2, 0.25) is 5.02 Å². The summed E-state index contributed by atoms with van der Waals surface area (Å²) in [5.74, 6) is 0. The Balaban J connectivity index is 2.43. The molecule has 0 fully saturated rings. The molecule has 1 aromatic heterocycles. The van der Waals surface area contributed by atoms with Crippen molar-refractivity contribution in [2.24, 2.45) is 0 Å². The third kappa shape index (κ3) is 2.79. The second-order valence-electron chi connectivity index (χ2n) is 3.80. The Kier molecular flexibility index (Phi) is 3.54. The molecule has 1 heterocycles. The van der Waals surface area contributed by atoms with Gasteiger partial charge in [0.2, 0.25) is 0 Å². The molecule has 0 unspecified atom stereocenters. The van der Waals surface area contributed by atoms with E-state index in [1.165, 1.54) is 23.5 Å². The second-order valence-corrected chi connectivity index (χ2v) is 5.15. The summed E-state index contributed by atoms with van der Waals surface area (Å²) in [6.45, 7) is 0. The van der Waals surface area contributed by atoms with Gasteiger partial charge in [-0.25, -0.2) is 0 Å². The van der Waals surface area contributed by atoms with Crippen LogP contribution in [-0.2, 0) is 12.6 Å². The molecule has 6 heteroatoms. The van der Waals surface area contributed by atoms with E-state index in [0.717, 1.165) is 11.6 Å². The average molecular weight is 292 g/mol. The Labute approximate surface area is 111 Å². The summed E-state index contributed by atoms with van der Waals surface area (Å²) >= 11 is 7.16. The topological polar surface area (TPSA) is 26.0 Å². The van der Waals surface area contributed by atoms with Gasteiger partial charge in [-0.05, 0) is 34.7 Å². The molecule has 96 valence electrons. The molecule has 1 nitrogen and oxygen atoms in total. The molecule has 1 aromatic carbocycles. The van der Waals surface area contributed by atoms with Crippen molar-refractivity contribution in [3.05, 3.63) is 51.4 Å². The third-order valence-electron chi connectivity index (χ3n) is 2.48. The molecule has 0 aliphatic carbocycles. The van der Waals surface area contributed by atoms with Gasteiger partial charge in [-0.3, -0.25) is 0 Å². The van der Waals surface area contributed by atoms with Gasteiger partial charge in [0, 0.05) is 11.4 Å². The van der Waals surface area contributed by atoms with E-state index < -0.39 is 11.7 Å². The predicted octanol–water partition coefficient (Wildman–Crippen LogP) is 4.59. The summed E-state index contributed by atoms with van der Waals surface area (Å²) in [5, 5.41) is 2.43. The molecule has 0 aliphatic heterocycles. The molecule has 0 atom stereocenters. The van der Waals surface area contributed by atoms with Crippen molar-refractivity contribution in [1.82, 2.24) is 0 Å². The van der Waals surface area contributed by atoms with Crippen LogP contribution in [0.25, 0.3) is 0 Å². The molecular formula is C12H9ClF3NS. The van der Waals surface area contributed by atoms with Crippen molar-refractivity contribution in [1.29, 1.82) is 0 Å².